The Labute approximate surface area is 113 Å². The maximum Gasteiger partial charge on any atom is 0.152 e. The van der Waals surface area contributed by atoms with Gasteiger partial charge >= 0.3 is 0 Å². The predicted octanol–water partition coefficient (Wildman–Crippen LogP) is 2.31. The summed E-state index contributed by atoms with van der Waals surface area (Å²) in [5, 5.41) is 3.73. The summed E-state index contributed by atoms with van der Waals surface area (Å²) in [6.07, 6.45) is 3.95. The summed E-state index contributed by atoms with van der Waals surface area (Å²) in [5.74, 6) is 0.417. The Morgan fingerprint density at radius 3 is 2.41 bits per heavy atom. The van der Waals surface area contributed by atoms with Gasteiger partial charge in [-0.1, -0.05) is 42.4 Å². The lowest BCUT2D eigenvalue weighted by Gasteiger charge is -2.21. The summed E-state index contributed by atoms with van der Waals surface area (Å²) >= 11 is 0. The van der Waals surface area contributed by atoms with E-state index in [1.807, 2.05) is 31.6 Å². The van der Waals surface area contributed by atoms with Crippen molar-refractivity contribution in [3.8, 4) is 0 Å². The standard InChI is InChI=1S/C12H26N2OS2/c1-5-14-11(12(15)9(2)3)7-6-10(8-13)17-16-4/h9-11,14H,5-8,13H2,1-4H3. The Hall–Kier alpha value is 0.290. The molecule has 0 fully saturated rings. The van der Waals surface area contributed by atoms with Crippen molar-refractivity contribution in [3.63, 3.8) is 0 Å². The van der Waals surface area contributed by atoms with Crippen LogP contribution in [0.2, 0.25) is 0 Å². The Morgan fingerprint density at radius 2 is 2.00 bits per heavy atom. The van der Waals surface area contributed by atoms with E-state index < -0.39 is 0 Å². The van der Waals surface area contributed by atoms with Gasteiger partial charge in [-0.3, -0.25) is 4.79 Å². The summed E-state index contributed by atoms with van der Waals surface area (Å²) < 4.78 is 0. The number of ketones is 1. The molecule has 0 saturated heterocycles. The largest absolute Gasteiger partial charge is 0.329 e. The molecular formula is C12H26N2OS2. The van der Waals surface area contributed by atoms with Gasteiger partial charge in [-0.25, -0.2) is 0 Å². The van der Waals surface area contributed by atoms with Crippen LogP contribution < -0.4 is 11.1 Å². The summed E-state index contributed by atoms with van der Waals surface area (Å²) in [7, 11) is 3.55. The molecule has 2 unspecified atom stereocenters. The van der Waals surface area contributed by atoms with E-state index in [4.69, 9.17) is 5.73 Å². The third-order valence-corrected chi connectivity index (χ3v) is 4.92. The van der Waals surface area contributed by atoms with E-state index in [9.17, 15) is 4.79 Å². The van der Waals surface area contributed by atoms with Gasteiger partial charge in [0.05, 0.1) is 6.04 Å². The molecule has 2 atom stereocenters. The molecule has 0 aliphatic carbocycles. The van der Waals surface area contributed by atoms with Crippen molar-refractivity contribution >= 4 is 27.4 Å². The maximum atomic E-state index is 12.0. The highest BCUT2D eigenvalue weighted by Gasteiger charge is 2.21. The molecule has 0 aromatic heterocycles. The first kappa shape index (κ1) is 17.3. The normalized spacial score (nSPS) is 14.9. The summed E-state index contributed by atoms with van der Waals surface area (Å²) in [6.45, 7) is 7.48. The number of Topliss-reactive ketones (excluding diaryl/α,β-unsaturated/α-hetero) is 1. The van der Waals surface area contributed by atoms with Crippen molar-refractivity contribution in [2.75, 3.05) is 19.3 Å². The van der Waals surface area contributed by atoms with Crippen molar-refractivity contribution in [1.82, 2.24) is 5.32 Å². The highest BCUT2D eigenvalue weighted by Crippen LogP contribution is 2.26. The fourth-order valence-corrected chi connectivity index (χ4v) is 3.61. The van der Waals surface area contributed by atoms with E-state index >= 15 is 0 Å². The number of carbonyl (C=O) groups is 1. The summed E-state index contributed by atoms with van der Waals surface area (Å²) in [6, 6.07) is -0.00324. The van der Waals surface area contributed by atoms with Gasteiger partial charge < -0.3 is 11.1 Å². The number of hydrogen-bond donors (Lipinski definition) is 2. The van der Waals surface area contributed by atoms with Gasteiger partial charge in [-0.05, 0) is 25.6 Å². The van der Waals surface area contributed by atoms with Crippen LogP contribution in [0.25, 0.3) is 0 Å². The highest BCUT2D eigenvalue weighted by molar-refractivity contribution is 8.76. The molecule has 0 aromatic carbocycles. The van der Waals surface area contributed by atoms with Gasteiger partial charge in [0.2, 0.25) is 0 Å². The molecule has 0 amide bonds. The molecule has 3 nitrogen and oxygen atoms in total. The molecule has 0 heterocycles. The number of rotatable bonds is 10. The smallest absolute Gasteiger partial charge is 0.152 e. The highest BCUT2D eigenvalue weighted by atomic mass is 33.1. The minimum Gasteiger partial charge on any atom is -0.329 e. The first-order valence-electron chi connectivity index (χ1n) is 6.23. The molecule has 3 N–H and O–H groups in total. The molecule has 102 valence electrons. The number of hydrogen-bond acceptors (Lipinski definition) is 5. The molecule has 17 heavy (non-hydrogen) atoms. The fraction of sp³-hybridized carbons (Fsp3) is 0.917. The first-order valence-corrected chi connectivity index (χ1v) is 8.85. The maximum absolute atomic E-state index is 12.0. The zero-order chi connectivity index (χ0) is 13.3. The topological polar surface area (TPSA) is 55.1 Å². The molecule has 0 aliphatic heterocycles. The number of nitrogens with one attached hydrogen (secondary N) is 1. The minimum absolute atomic E-state index is 0.00324. The van der Waals surface area contributed by atoms with Gasteiger partial charge in [-0.15, -0.1) is 0 Å². The Kier molecular flexibility index (Phi) is 10.4. The third kappa shape index (κ3) is 7.34. The van der Waals surface area contributed by atoms with Crippen molar-refractivity contribution in [2.45, 2.75) is 44.9 Å². The zero-order valence-electron chi connectivity index (χ0n) is 11.4. The average Bonchev–Trinajstić information content (AvgIpc) is 2.31. The molecular weight excluding hydrogens is 252 g/mol. The SMILES string of the molecule is CCNC(CCC(CN)SSC)C(=O)C(C)C. The molecule has 0 aromatic rings. The molecule has 0 radical (unpaired) electrons. The van der Waals surface area contributed by atoms with Gasteiger partial charge in [0.1, 0.15) is 0 Å². The lowest BCUT2D eigenvalue weighted by atomic mass is 9.97. The van der Waals surface area contributed by atoms with Crippen LogP contribution in [-0.4, -0.2) is 36.4 Å². The fourth-order valence-electron chi connectivity index (χ4n) is 1.69. The molecule has 0 bridgehead atoms. The molecule has 0 aliphatic rings. The first-order chi connectivity index (χ1) is 8.06. The van der Waals surface area contributed by atoms with Crippen LogP contribution >= 0.6 is 21.6 Å². The van der Waals surface area contributed by atoms with Crippen molar-refractivity contribution in [2.24, 2.45) is 11.7 Å². The Balaban J connectivity index is 4.20. The van der Waals surface area contributed by atoms with Crippen molar-refractivity contribution < 1.29 is 4.79 Å². The van der Waals surface area contributed by atoms with Crippen molar-refractivity contribution in [1.29, 1.82) is 0 Å². The van der Waals surface area contributed by atoms with Gasteiger partial charge in [-0.2, -0.15) is 0 Å². The second-order valence-corrected chi connectivity index (χ2v) is 7.14. The lowest BCUT2D eigenvalue weighted by Crippen LogP contribution is -2.39. The van der Waals surface area contributed by atoms with E-state index in [2.05, 4.69) is 11.6 Å². The third-order valence-electron chi connectivity index (χ3n) is 2.64. The summed E-state index contributed by atoms with van der Waals surface area (Å²) in [4.78, 5) is 12.0. The van der Waals surface area contributed by atoms with E-state index in [-0.39, 0.29) is 12.0 Å². The number of carbonyl (C=O) groups excluding carboxylic acids is 1. The van der Waals surface area contributed by atoms with Crippen LogP contribution in [0.15, 0.2) is 0 Å². The average molecular weight is 278 g/mol. The zero-order valence-corrected chi connectivity index (χ0v) is 13.0. The van der Waals surface area contributed by atoms with Crippen LogP contribution in [-0.2, 0) is 4.79 Å². The number of nitrogens with two attached hydrogens (primary N) is 1. The predicted molar refractivity (Wildman–Crippen MR) is 80.5 cm³/mol. The van der Waals surface area contributed by atoms with Crippen LogP contribution in [0.5, 0.6) is 0 Å². The molecule has 0 saturated carbocycles. The Bertz CT molecular complexity index is 213. The van der Waals surface area contributed by atoms with E-state index in [0.717, 1.165) is 19.4 Å². The van der Waals surface area contributed by atoms with Crippen LogP contribution in [0, 0.1) is 5.92 Å². The molecule has 0 spiro atoms. The van der Waals surface area contributed by atoms with Crippen LogP contribution in [0.3, 0.4) is 0 Å². The molecule has 0 rings (SSSR count). The van der Waals surface area contributed by atoms with Gasteiger partial charge in [0.25, 0.3) is 0 Å². The van der Waals surface area contributed by atoms with Gasteiger partial charge in [0, 0.05) is 17.7 Å². The minimum atomic E-state index is -0.00324. The Morgan fingerprint density at radius 1 is 1.35 bits per heavy atom. The van der Waals surface area contributed by atoms with E-state index in [1.54, 1.807) is 10.8 Å². The lowest BCUT2D eigenvalue weighted by molar-refractivity contribution is -0.124. The van der Waals surface area contributed by atoms with E-state index in [1.165, 1.54) is 0 Å². The molecule has 5 heteroatoms. The van der Waals surface area contributed by atoms with E-state index in [0.29, 0.717) is 17.6 Å². The quantitative estimate of drug-likeness (QED) is 0.601. The summed E-state index contributed by atoms with van der Waals surface area (Å²) in [5.41, 5.74) is 5.72. The van der Waals surface area contributed by atoms with Gasteiger partial charge in [0.15, 0.2) is 5.78 Å². The second-order valence-electron chi connectivity index (χ2n) is 4.37. The van der Waals surface area contributed by atoms with Crippen LogP contribution in [0.4, 0.5) is 0 Å². The van der Waals surface area contributed by atoms with Crippen LogP contribution in [0.1, 0.15) is 33.6 Å². The van der Waals surface area contributed by atoms with Crippen molar-refractivity contribution in [3.05, 3.63) is 0 Å². The number of likely N-dealkylation sites (N-methyl/N-ethyl adjacent to an activating group) is 1. The second kappa shape index (κ2) is 10.2. The monoisotopic (exact) mass is 278 g/mol.